The molecule has 1 aromatic rings. The number of hydrazone groups is 1. The van der Waals surface area contributed by atoms with Gasteiger partial charge < -0.3 is 9.47 Å². The molecule has 7 nitrogen and oxygen atoms in total. The molecule has 1 aliphatic rings. The number of amides is 1. The first kappa shape index (κ1) is 19.5. The van der Waals surface area contributed by atoms with Crippen molar-refractivity contribution in [2.75, 3.05) is 25.2 Å². The fourth-order valence-corrected chi connectivity index (χ4v) is 4.80. The Morgan fingerprint density at radius 1 is 1.48 bits per heavy atom. The van der Waals surface area contributed by atoms with Crippen LogP contribution in [0.25, 0.3) is 0 Å². The number of carbonyl (C=O) groups excluding carboxylic acids is 1. The number of benzene rings is 1. The van der Waals surface area contributed by atoms with Gasteiger partial charge in [0.1, 0.15) is 0 Å². The number of nitrogens with zero attached hydrogens (tertiary/aromatic N) is 1. The van der Waals surface area contributed by atoms with E-state index in [1.165, 1.54) is 13.3 Å². The summed E-state index contributed by atoms with van der Waals surface area (Å²) in [6, 6.07) is 3.34. The largest absolute Gasteiger partial charge is 0.491 e. The number of halogens is 1. The Labute approximate surface area is 152 Å². The first-order valence-electron chi connectivity index (χ1n) is 7.87. The molecule has 138 valence electrons. The molecule has 0 aliphatic carbocycles. The molecule has 1 aliphatic heterocycles. The topological polar surface area (TPSA) is 94.1 Å². The van der Waals surface area contributed by atoms with Gasteiger partial charge in [-0.25, -0.2) is 13.8 Å². The Hall–Kier alpha value is -1.80. The van der Waals surface area contributed by atoms with Crippen LogP contribution in [0.5, 0.6) is 11.5 Å². The zero-order chi connectivity index (χ0) is 18.4. The van der Waals surface area contributed by atoms with Crippen molar-refractivity contribution < 1.29 is 22.7 Å². The number of sulfone groups is 1. The van der Waals surface area contributed by atoms with Crippen LogP contribution in [0.4, 0.5) is 0 Å². The van der Waals surface area contributed by atoms with Crippen molar-refractivity contribution in [2.45, 2.75) is 19.8 Å². The van der Waals surface area contributed by atoms with Gasteiger partial charge in [-0.3, -0.25) is 4.79 Å². The van der Waals surface area contributed by atoms with Gasteiger partial charge >= 0.3 is 0 Å². The van der Waals surface area contributed by atoms with Gasteiger partial charge in [-0.15, -0.1) is 0 Å². The number of ether oxygens (including phenoxy) is 2. The van der Waals surface area contributed by atoms with E-state index in [9.17, 15) is 13.2 Å². The molecule has 1 N–H and O–H groups in total. The average molecular weight is 389 g/mol. The van der Waals surface area contributed by atoms with Gasteiger partial charge in [0.05, 0.1) is 36.5 Å². The number of nitrogens with one attached hydrogen (secondary N) is 1. The van der Waals surface area contributed by atoms with E-state index in [0.717, 1.165) is 0 Å². The Bertz CT molecular complexity index is 764. The van der Waals surface area contributed by atoms with E-state index in [-0.39, 0.29) is 29.8 Å². The maximum atomic E-state index is 11.8. The Balaban J connectivity index is 1.96. The molecule has 25 heavy (non-hydrogen) atoms. The molecule has 1 saturated heterocycles. The summed E-state index contributed by atoms with van der Waals surface area (Å²) in [5.41, 5.74) is 3.04. The van der Waals surface area contributed by atoms with Crippen LogP contribution < -0.4 is 14.9 Å². The molecule has 1 heterocycles. The number of hydrogen-bond donors (Lipinski definition) is 1. The van der Waals surface area contributed by atoms with E-state index in [4.69, 9.17) is 21.1 Å². The van der Waals surface area contributed by atoms with Gasteiger partial charge in [-0.1, -0.05) is 11.6 Å². The van der Waals surface area contributed by atoms with Crippen LogP contribution in [0.3, 0.4) is 0 Å². The molecule has 0 spiro atoms. The third-order valence-corrected chi connectivity index (χ3v) is 5.86. The van der Waals surface area contributed by atoms with Crippen LogP contribution in [0, 0.1) is 5.92 Å². The maximum Gasteiger partial charge on any atom is 0.240 e. The summed E-state index contributed by atoms with van der Waals surface area (Å²) in [6.45, 7) is 2.30. The van der Waals surface area contributed by atoms with E-state index in [0.29, 0.717) is 35.1 Å². The van der Waals surface area contributed by atoms with Gasteiger partial charge in [0.25, 0.3) is 0 Å². The molecule has 9 heteroatoms. The summed E-state index contributed by atoms with van der Waals surface area (Å²) >= 11 is 6.14. The highest BCUT2D eigenvalue weighted by atomic mass is 35.5. The van der Waals surface area contributed by atoms with Gasteiger partial charge in [0, 0.05) is 6.42 Å². The van der Waals surface area contributed by atoms with Crippen LogP contribution in [0.15, 0.2) is 17.2 Å². The van der Waals surface area contributed by atoms with E-state index < -0.39 is 9.84 Å². The minimum atomic E-state index is -2.99. The van der Waals surface area contributed by atoms with Crippen molar-refractivity contribution in [2.24, 2.45) is 11.0 Å². The summed E-state index contributed by atoms with van der Waals surface area (Å²) in [4.78, 5) is 11.8. The van der Waals surface area contributed by atoms with E-state index >= 15 is 0 Å². The fraction of sp³-hybridized carbons (Fsp3) is 0.500. The molecule has 0 radical (unpaired) electrons. The normalized spacial score (nSPS) is 19.1. The zero-order valence-electron chi connectivity index (χ0n) is 14.1. The summed E-state index contributed by atoms with van der Waals surface area (Å²) in [5, 5.41) is 4.26. The van der Waals surface area contributed by atoms with Crippen molar-refractivity contribution in [1.82, 2.24) is 5.43 Å². The second kappa shape index (κ2) is 8.53. The van der Waals surface area contributed by atoms with Gasteiger partial charge in [-0.2, -0.15) is 5.10 Å². The van der Waals surface area contributed by atoms with Crippen LogP contribution in [0.2, 0.25) is 5.02 Å². The predicted octanol–water partition coefficient (Wildman–Crippen LogP) is 2.02. The summed E-state index contributed by atoms with van der Waals surface area (Å²) in [7, 11) is -1.48. The summed E-state index contributed by atoms with van der Waals surface area (Å²) in [5.74, 6) is 0.686. The van der Waals surface area contributed by atoms with Gasteiger partial charge in [0.2, 0.25) is 5.91 Å². The highest BCUT2D eigenvalue weighted by molar-refractivity contribution is 7.91. The number of hydrogen-bond acceptors (Lipinski definition) is 6. The highest BCUT2D eigenvalue weighted by Crippen LogP contribution is 2.35. The maximum absolute atomic E-state index is 11.8. The van der Waals surface area contributed by atoms with Crippen molar-refractivity contribution in [1.29, 1.82) is 0 Å². The minimum absolute atomic E-state index is 0.0654. The third-order valence-electron chi connectivity index (χ3n) is 3.74. The molecular formula is C16H21ClN2O5S. The van der Waals surface area contributed by atoms with Gasteiger partial charge in [0.15, 0.2) is 21.3 Å². The lowest BCUT2D eigenvalue weighted by atomic mass is 10.1. The molecular weight excluding hydrogens is 368 g/mol. The fourth-order valence-electron chi connectivity index (χ4n) is 2.64. The smallest absolute Gasteiger partial charge is 0.240 e. The van der Waals surface area contributed by atoms with Crippen LogP contribution in [0.1, 0.15) is 25.3 Å². The molecule has 2 rings (SSSR count). The Kier molecular flexibility index (Phi) is 6.66. The molecule has 1 atom stereocenters. The molecule has 1 amide bonds. The number of rotatable bonds is 7. The minimum Gasteiger partial charge on any atom is -0.491 e. The van der Waals surface area contributed by atoms with E-state index in [2.05, 4.69) is 10.5 Å². The Morgan fingerprint density at radius 2 is 2.24 bits per heavy atom. The predicted molar refractivity (Wildman–Crippen MR) is 96.3 cm³/mol. The monoisotopic (exact) mass is 388 g/mol. The molecule has 0 bridgehead atoms. The first-order chi connectivity index (χ1) is 11.8. The average Bonchev–Trinajstić information content (AvgIpc) is 2.86. The lowest BCUT2D eigenvalue weighted by Crippen LogP contribution is -2.21. The molecule has 1 aromatic carbocycles. The van der Waals surface area contributed by atoms with Crippen molar-refractivity contribution in [3.05, 3.63) is 22.7 Å². The molecule has 0 saturated carbocycles. The first-order valence-corrected chi connectivity index (χ1v) is 10.1. The Morgan fingerprint density at radius 3 is 2.84 bits per heavy atom. The quantitative estimate of drug-likeness (QED) is 0.569. The second-order valence-corrected chi connectivity index (χ2v) is 8.37. The van der Waals surface area contributed by atoms with Crippen molar-refractivity contribution in [3.63, 3.8) is 0 Å². The standard InChI is InChI=1S/C16H21ClN2O5S/c1-3-24-14-7-12(6-13(17)16(14)23-2)9-18-19-15(20)8-11-4-5-25(21,22)10-11/h6-7,9,11H,3-5,8,10H2,1-2H3,(H,19,20)/b18-9-/t11-/m1/s1. The number of methoxy groups -OCH3 is 1. The van der Waals surface area contributed by atoms with E-state index in [1.54, 1.807) is 12.1 Å². The number of carbonyl (C=O) groups is 1. The zero-order valence-corrected chi connectivity index (χ0v) is 15.7. The van der Waals surface area contributed by atoms with E-state index in [1.807, 2.05) is 6.92 Å². The summed E-state index contributed by atoms with van der Waals surface area (Å²) < 4.78 is 33.5. The van der Waals surface area contributed by atoms with Crippen molar-refractivity contribution >= 4 is 33.6 Å². The van der Waals surface area contributed by atoms with Crippen LogP contribution >= 0.6 is 11.6 Å². The summed E-state index contributed by atoms with van der Waals surface area (Å²) in [6.07, 6.45) is 2.10. The van der Waals surface area contributed by atoms with Crippen LogP contribution in [-0.4, -0.2) is 45.8 Å². The highest BCUT2D eigenvalue weighted by Gasteiger charge is 2.29. The lowest BCUT2D eigenvalue weighted by molar-refractivity contribution is -0.121. The molecule has 0 aromatic heterocycles. The third kappa shape index (κ3) is 5.61. The lowest BCUT2D eigenvalue weighted by Gasteiger charge is -2.11. The SMILES string of the molecule is CCOc1cc(/C=N\NC(=O)C[C@H]2CCS(=O)(=O)C2)cc(Cl)c1OC. The van der Waals surface area contributed by atoms with Gasteiger partial charge in [-0.05, 0) is 37.0 Å². The second-order valence-electron chi connectivity index (χ2n) is 5.73. The van der Waals surface area contributed by atoms with Crippen LogP contribution in [-0.2, 0) is 14.6 Å². The molecule has 0 unspecified atom stereocenters. The van der Waals surface area contributed by atoms with Crippen molar-refractivity contribution in [3.8, 4) is 11.5 Å². The molecule has 1 fully saturated rings.